The van der Waals surface area contributed by atoms with Crippen LogP contribution in [0.4, 0.5) is 24.5 Å². The number of carbonyl (C=O) groups excluding carboxylic acids is 1. The van der Waals surface area contributed by atoms with Gasteiger partial charge in [-0.25, -0.2) is 8.42 Å². The van der Waals surface area contributed by atoms with Gasteiger partial charge in [-0.1, -0.05) is 6.92 Å². The maximum absolute atomic E-state index is 12.6. The van der Waals surface area contributed by atoms with Crippen LogP contribution < -0.4 is 5.32 Å². The standard InChI is InChI=1S/C14H16F3N3O5S/c1-2-13(21)19-6-5-9(8-19)18-11-4-3-10(7-12(11)20(22)23)26(24,25)14(15,16)17/h3-4,7,9,18H,2,5-6,8H2,1H3. The van der Waals surface area contributed by atoms with Crippen molar-refractivity contribution in [3.05, 3.63) is 28.3 Å². The molecule has 1 aromatic carbocycles. The van der Waals surface area contributed by atoms with Gasteiger partial charge in [0.2, 0.25) is 5.91 Å². The Bertz CT molecular complexity index is 826. The zero-order valence-corrected chi connectivity index (χ0v) is 14.4. The second-order valence-corrected chi connectivity index (χ2v) is 7.65. The molecule has 1 saturated heterocycles. The summed E-state index contributed by atoms with van der Waals surface area (Å²) in [5, 5.41) is 14.0. The van der Waals surface area contributed by atoms with Gasteiger partial charge >= 0.3 is 5.51 Å². The lowest BCUT2D eigenvalue weighted by Crippen LogP contribution is -2.31. The average Bonchev–Trinajstić information content (AvgIpc) is 3.01. The van der Waals surface area contributed by atoms with Crippen LogP contribution in [0.3, 0.4) is 0 Å². The summed E-state index contributed by atoms with van der Waals surface area (Å²) in [6.07, 6.45) is 0.822. The van der Waals surface area contributed by atoms with Crippen LogP contribution in [0.2, 0.25) is 0 Å². The fourth-order valence-electron chi connectivity index (χ4n) is 2.63. The van der Waals surface area contributed by atoms with Gasteiger partial charge in [-0.05, 0) is 18.6 Å². The minimum atomic E-state index is -5.68. The maximum atomic E-state index is 12.6. The van der Waals surface area contributed by atoms with Crippen molar-refractivity contribution in [1.29, 1.82) is 0 Å². The Morgan fingerprint density at radius 2 is 2.08 bits per heavy atom. The number of nitro benzene ring substituents is 1. The summed E-state index contributed by atoms with van der Waals surface area (Å²) in [5.74, 6) is -0.0737. The SMILES string of the molecule is CCC(=O)N1CCC(Nc2ccc(S(=O)(=O)C(F)(F)F)cc2[N+](=O)[O-])C1. The van der Waals surface area contributed by atoms with Crippen LogP contribution in [-0.4, -0.2) is 48.8 Å². The van der Waals surface area contributed by atoms with Crippen molar-refractivity contribution in [1.82, 2.24) is 4.90 Å². The van der Waals surface area contributed by atoms with Gasteiger partial charge in [0.25, 0.3) is 15.5 Å². The molecule has 0 spiro atoms. The molecule has 1 amide bonds. The van der Waals surface area contributed by atoms with E-state index in [0.717, 1.165) is 6.07 Å². The van der Waals surface area contributed by atoms with E-state index in [4.69, 9.17) is 0 Å². The highest BCUT2D eigenvalue weighted by Gasteiger charge is 2.47. The summed E-state index contributed by atoms with van der Waals surface area (Å²) in [6, 6.07) is 1.66. The fraction of sp³-hybridized carbons (Fsp3) is 0.500. The van der Waals surface area contributed by atoms with Crippen molar-refractivity contribution in [2.45, 2.75) is 36.2 Å². The number of rotatable bonds is 5. The molecule has 1 fully saturated rings. The number of amides is 1. The molecule has 1 unspecified atom stereocenters. The van der Waals surface area contributed by atoms with E-state index in [1.54, 1.807) is 11.8 Å². The summed E-state index contributed by atoms with van der Waals surface area (Å²) < 4.78 is 60.7. The van der Waals surface area contributed by atoms with E-state index in [0.29, 0.717) is 38.1 Å². The fourth-order valence-corrected chi connectivity index (χ4v) is 3.41. The number of halogens is 3. The number of alkyl halides is 3. The Balaban J connectivity index is 2.28. The van der Waals surface area contributed by atoms with E-state index < -0.39 is 30.9 Å². The van der Waals surface area contributed by atoms with Crippen molar-refractivity contribution < 1.29 is 31.3 Å². The molecular weight excluding hydrogens is 379 g/mol. The molecule has 0 saturated carbocycles. The van der Waals surface area contributed by atoms with Gasteiger partial charge in [-0.15, -0.1) is 0 Å². The first kappa shape index (κ1) is 19.9. The van der Waals surface area contributed by atoms with Gasteiger partial charge in [0.15, 0.2) is 0 Å². The van der Waals surface area contributed by atoms with E-state index in [9.17, 15) is 36.5 Å². The number of hydrogen-bond donors (Lipinski definition) is 1. The second kappa shape index (κ2) is 7.09. The molecule has 1 aliphatic rings. The Hall–Kier alpha value is -2.37. The minimum absolute atomic E-state index is 0.0737. The Morgan fingerprint density at radius 1 is 1.42 bits per heavy atom. The summed E-state index contributed by atoms with van der Waals surface area (Å²) in [7, 11) is -5.68. The lowest BCUT2D eigenvalue weighted by atomic mass is 10.2. The molecule has 0 aliphatic carbocycles. The van der Waals surface area contributed by atoms with Gasteiger partial charge in [0.05, 0.1) is 9.82 Å². The number of anilines is 1. The number of nitrogens with one attached hydrogen (secondary N) is 1. The Morgan fingerprint density at radius 3 is 2.62 bits per heavy atom. The molecule has 1 aliphatic heterocycles. The molecule has 12 heteroatoms. The van der Waals surface area contributed by atoms with Crippen molar-refractivity contribution in [2.75, 3.05) is 18.4 Å². The van der Waals surface area contributed by atoms with Crippen LogP contribution in [0.1, 0.15) is 19.8 Å². The smallest absolute Gasteiger partial charge is 0.375 e. The normalized spacial score (nSPS) is 18.0. The van der Waals surface area contributed by atoms with Crippen LogP contribution in [-0.2, 0) is 14.6 Å². The van der Waals surface area contributed by atoms with Crippen LogP contribution in [0.25, 0.3) is 0 Å². The number of hydrogen-bond acceptors (Lipinski definition) is 6. The van der Waals surface area contributed by atoms with Crippen LogP contribution in [0, 0.1) is 10.1 Å². The van der Waals surface area contributed by atoms with Gasteiger partial charge < -0.3 is 10.2 Å². The number of nitro groups is 1. The molecule has 0 bridgehead atoms. The molecular formula is C14H16F3N3O5S. The third kappa shape index (κ3) is 3.89. The number of benzene rings is 1. The first-order valence-electron chi connectivity index (χ1n) is 7.61. The lowest BCUT2D eigenvalue weighted by molar-refractivity contribution is -0.384. The predicted molar refractivity (Wildman–Crippen MR) is 85.2 cm³/mol. The quantitative estimate of drug-likeness (QED) is 0.605. The Kier molecular flexibility index (Phi) is 5.44. The molecule has 144 valence electrons. The topological polar surface area (TPSA) is 110 Å². The van der Waals surface area contributed by atoms with Crippen LogP contribution in [0.15, 0.2) is 23.1 Å². The highest BCUT2D eigenvalue weighted by Crippen LogP contribution is 2.35. The number of nitrogens with zero attached hydrogens (tertiary/aromatic N) is 2. The van der Waals surface area contributed by atoms with Gasteiger partial charge in [0.1, 0.15) is 5.69 Å². The molecule has 0 radical (unpaired) electrons. The van der Waals surface area contributed by atoms with Gasteiger partial charge in [-0.2, -0.15) is 13.2 Å². The zero-order chi connectivity index (χ0) is 19.7. The first-order chi connectivity index (χ1) is 12.0. The first-order valence-corrected chi connectivity index (χ1v) is 9.09. The summed E-state index contributed by atoms with van der Waals surface area (Å²) in [5.41, 5.74) is -6.44. The molecule has 2 rings (SSSR count). The lowest BCUT2D eigenvalue weighted by Gasteiger charge is -2.17. The zero-order valence-electron chi connectivity index (χ0n) is 13.6. The van der Waals surface area contributed by atoms with E-state index >= 15 is 0 Å². The number of carbonyl (C=O) groups is 1. The second-order valence-electron chi connectivity index (χ2n) is 5.71. The van der Waals surface area contributed by atoms with Gasteiger partial charge in [0, 0.05) is 31.6 Å². The molecule has 1 atom stereocenters. The molecule has 1 aromatic rings. The number of sulfone groups is 1. The molecule has 8 nitrogen and oxygen atoms in total. The van der Waals surface area contributed by atoms with Crippen LogP contribution in [0.5, 0.6) is 0 Å². The highest BCUT2D eigenvalue weighted by molar-refractivity contribution is 7.92. The third-order valence-corrected chi connectivity index (χ3v) is 5.47. The van der Waals surface area contributed by atoms with E-state index in [1.807, 2.05) is 0 Å². The van der Waals surface area contributed by atoms with E-state index in [-0.39, 0.29) is 17.6 Å². The van der Waals surface area contributed by atoms with E-state index in [1.165, 1.54) is 0 Å². The molecule has 1 N–H and O–H groups in total. The maximum Gasteiger partial charge on any atom is 0.501 e. The third-order valence-electron chi connectivity index (χ3n) is 3.98. The summed E-state index contributed by atoms with van der Waals surface area (Å²) in [4.78, 5) is 22.2. The minimum Gasteiger partial charge on any atom is -0.375 e. The van der Waals surface area contributed by atoms with Crippen molar-refractivity contribution in [3.8, 4) is 0 Å². The molecule has 0 aromatic heterocycles. The summed E-state index contributed by atoms with van der Waals surface area (Å²) in [6.45, 7) is 2.46. The largest absolute Gasteiger partial charge is 0.501 e. The van der Waals surface area contributed by atoms with Crippen molar-refractivity contribution in [2.24, 2.45) is 0 Å². The van der Waals surface area contributed by atoms with Crippen LogP contribution >= 0.6 is 0 Å². The average molecular weight is 395 g/mol. The monoisotopic (exact) mass is 395 g/mol. The van der Waals surface area contributed by atoms with Gasteiger partial charge in [-0.3, -0.25) is 14.9 Å². The summed E-state index contributed by atoms with van der Waals surface area (Å²) >= 11 is 0. The van der Waals surface area contributed by atoms with E-state index in [2.05, 4.69) is 5.32 Å². The molecule has 1 heterocycles. The van der Waals surface area contributed by atoms with Crippen molar-refractivity contribution in [3.63, 3.8) is 0 Å². The van der Waals surface area contributed by atoms with Crippen molar-refractivity contribution >= 4 is 27.1 Å². The highest BCUT2D eigenvalue weighted by atomic mass is 32.2. The predicted octanol–water partition coefficient (Wildman–Crippen LogP) is 2.31. The Labute approximate surface area is 147 Å². The molecule has 26 heavy (non-hydrogen) atoms. The number of likely N-dealkylation sites (tertiary alicyclic amines) is 1.